The number of allylic oxidation sites excluding steroid dienone is 4. The van der Waals surface area contributed by atoms with Crippen molar-refractivity contribution in [3.8, 4) is 0 Å². The highest BCUT2D eigenvalue weighted by Crippen LogP contribution is 2.45. The van der Waals surface area contributed by atoms with E-state index >= 15 is 0 Å². The number of ether oxygens (including phenoxy) is 4. The molecule has 97 heavy (non-hydrogen) atoms. The van der Waals surface area contributed by atoms with Crippen molar-refractivity contribution < 1.29 is 80.2 Å². The summed E-state index contributed by atoms with van der Waals surface area (Å²) in [5, 5.41) is 10.6. The average Bonchev–Trinajstić information content (AvgIpc) is 1.00. The summed E-state index contributed by atoms with van der Waals surface area (Å²) in [7, 11) is -9.92. The van der Waals surface area contributed by atoms with Crippen LogP contribution in [0.15, 0.2) is 24.3 Å². The molecule has 0 saturated heterocycles. The Kier molecular flexibility index (Phi) is 70.1. The number of esters is 4. The number of carbonyl (C=O) groups excluding carboxylic acids is 4. The number of aliphatic hydroxyl groups is 1. The minimum atomic E-state index is -4.96. The molecule has 19 heteroatoms. The summed E-state index contributed by atoms with van der Waals surface area (Å²) in [5.41, 5.74) is 0. The largest absolute Gasteiger partial charge is 0.472 e. The van der Waals surface area contributed by atoms with Gasteiger partial charge in [-0.05, 0) is 51.4 Å². The molecular formula is C78H148O17P2. The fourth-order valence-electron chi connectivity index (χ4n) is 11.6. The Bertz CT molecular complexity index is 1940. The van der Waals surface area contributed by atoms with Gasteiger partial charge in [-0.25, -0.2) is 9.13 Å². The summed E-state index contributed by atoms with van der Waals surface area (Å²) >= 11 is 0. The normalized spacial score (nSPS) is 14.0. The maximum absolute atomic E-state index is 13.1. The standard InChI is InChI=1S/C78H148O17P2/c1-5-9-13-17-21-25-28-31-34-36-37-40-43-46-49-53-57-61-65-78(83)95-74(69-89-76(81)63-59-55-51-47-44-41-39-35-32-29-26-22-18-14-10-6-2)71-93-97(86,87)91-67-72(79)66-90-96(84,85)92-70-73(68-88-75(80)62-58-54-50-24-20-16-12-8-4)94-77(82)64-60-56-52-48-45-42-38-33-30-27-23-19-15-11-7-3/h27,30,33,38,72-74,79H,5-26,28-29,31-32,34-37,39-71H2,1-4H3,(H,84,85)(H,86,87)/b30-27-,38-33-/t72-,73+,74+/m0/s1. The number of phosphoric ester groups is 2. The minimum Gasteiger partial charge on any atom is -0.462 e. The van der Waals surface area contributed by atoms with Gasteiger partial charge in [0.1, 0.15) is 19.3 Å². The van der Waals surface area contributed by atoms with Gasteiger partial charge in [-0.3, -0.25) is 37.3 Å². The molecule has 0 saturated carbocycles. The second-order valence-corrected chi connectivity index (χ2v) is 30.3. The van der Waals surface area contributed by atoms with Crippen molar-refractivity contribution in [3.05, 3.63) is 24.3 Å². The van der Waals surface area contributed by atoms with Gasteiger partial charge in [0.05, 0.1) is 26.4 Å². The van der Waals surface area contributed by atoms with E-state index in [2.05, 4.69) is 52.0 Å². The Morgan fingerprint density at radius 2 is 0.495 bits per heavy atom. The van der Waals surface area contributed by atoms with Gasteiger partial charge in [0.2, 0.25) is 0 Å². The van der Waals surface area contributed by atoms with Crippen molar-refractivity contribution in [2.75, 3.05) is 39.6 Å². The first-order chi connectivity index (χ1) is 47.2. The highest BCUT2D eigenvalue weighted by Gasteiger charge is 2.30. The topological polar surface area (TPSA) is 237 Å². The number of rotatable bonds is 77. The van der Waals surface area contributed by atoms with Crippen molar-refractivity contribution in [2.24, 2.45) is 0 Å². The summed E-state index contributed by atoms with van der Waals surface area (Å²) in [6.07, 6.45) is 66.0. The van der Waals surface area contributed by atoms with Crippen LogP contribution in [0, 0.1) is 0 Å². The van der Waals surface area contributed by atoms with E-state index in [1.807, 2.05) is 0 Å². The predicted octanol–water partition coefficient (Wildman–Crippen LogP) is 23.0. The third-order valence-electron chi connectivity index (χ3n) is 17.7. The number of aliphatic hydroxyl groups excluding tert-OH is 1. The number of hydrogen-bond acceptors (Lipinski definition) is 15. The second-order valence-electron chi connectivity index (χ2n) is 27.4. The van der Waals surface area contributed by atoms with Gasteiger partial charge < -0.3 is 33.8 Å². The molecule has 0 aromatic heterocycles. The third-order valence-corrected chi connectivity index (χ3v) is 19.6. The van der Waals surface area contributed by atoms with Crippen LogP contribution in [-0.4, -0.2) is 96.7 Å². The van der Waals surface area contributed by atoms with E-state index in [0.29, 0.717) is 25.7 Å². The molecular weight excluding hydrogens is 1270 g/mol. The molecule has 0 radical (unpaired) electrons. The minimum absolute atomic E-state index is 0.0854. The van der Waals surface area contributed by atoms with Crippen LogP contribution in [0.3, 0.4) is 0 Å². The lowest BCUT2D eigenvalue weighted by atomic mass is 10.0. The Hall–Kier alpha value is -2.46. The first-order valence-corrected chi connectivity index (χ1v) is 43.1. The van der Waals surface area contributed by atoms with Crippen LogP contribution < -0.4 is 0 Å². The average molecular weight is 1420 g/mol. The lowest BCUT2D eigenvalue weighted by Gasteiger charge is -2.21. The molecule has 0 amide bonds. The van der Waals surface area contributed by atoms with E-state index < -0.39 is 97.5 Å². The fraction of sp³-hybridized carbons (Fsp3) is 0.897. The van der Waals surface area contributed by atoms with E-state index in [1.165, 1.54) is 205 Å². The molecule has 572 valence electrons. The first-order valence-electron chi connectivity index (χ1n) is 40.1. The maximum Gasteiger partial charge on any atom is 0.472 e. The van der Waals surface area contributed by atoms with E-state index in [4.69, 9.17) is 37.0 Å². The Balaban J connectivity index is 5.24. The van der Waals surface area contributed by atoms with E-state index in [1.54, 1.807) is 0 Å². The van der Waals surface area contributed by atoms with Gasteiger partial charge in [0, 0.05) is 25.7 Å². The second kappa shape index (κ2) is 71.9. The van der Waals surface area contributed by atoms with Crippen LogP contribution in [0.4, 0.5) is 0 Å². The summed E-state index contributed by atoms with van der Waals surface area (Å²) in [6.45, 7) is 4.91. The Morgan fingerprint density at radius 3 is 0.753 bits per heavy atom. The molecule has 17 nitrogen and oxygen atoms in total. The zero-order valence-corrected chi connectivity index (χ0v) is 64.3. The zero-order chi connectivity index (χ0) is 71.1. The van der Waals surface area contributed by atoms with Crippen molar-refractivity contribution in [2.45, 2.75) is 412 Å². The molecule has 0 spiro atoms. The molecule has 2 unspecified atom stereocenters. The van der Waals surface area contributed by atoms with Crippen LogP contribution in [-0.2, 0) is 65.4 Å². The lowest BCUT2D eigenvalue weighted by Crippen LogP contribution is -2.30. The SMILES string of the molecule is CCCCCC/C=C\C=C/CCCCCCCC(=O)O[C@H](COC(=O)CCCCCCCCCC)COP(=O)(O)OC[C@H](O)COP(=O)(O)OC[C@@H](COC(=O)CCCCCCCCCCCCCCCCCC)OC(=O)CCCCCCCCCCCCCCCCCCCC. The fourth-order valence-corrected chi connectivity index (χ4v) is 13.1. The van der Waals surface area contributed by atoms with Gasteiger partial charge >= 0.3 is 39.5 Å². The Morgan fingerprint density at radius 1 is 0.289 bits per heavy atom. The van der Waals surface area contributed by atoms with Crippen molar-refractivity contribution in [3.63, 3.8) is 0 Å². The summed E-state index contributed by atoms with van der Waals surface area (Å²) in [5.74, 6) is -2.14. The zero-order valence-electron chi connectivity index (χ0n) is 62.5. The number of phosphoric acid groups is 2. The van der Waals surface area contributed by atoms with Crippen molar-refractivity contribution in [1.82, 2.24) is 0 Å². The molecule has 3 N–H and O–H groups in total. The molecule has 0 bridgehead atoms. The lowest BCUT2D eigenvalue weighted by molar-refractivity contribution is -0.161. The van der Waals surface area contributed by atoms with Gasteiger partial charge in [-0.2, -0.15) is 0 Å². The van der Waals surface area contributed by atoms with Crippen LogP contribution >= 0.6 is 15.6 Å². The number of hydrogen-bond donors (Lipinski definition) is 3. The van der Waals surface area contributed by atoms with Crippen LogP contribution in [0.1, 0.15) is 394 Å². The molecule has 0 aliphatic rings. The van der Waals surface area contributed by atoms with Gasteiger partial charge in [0.15, 0.2) is 12.2 Å². The summed E-state index contributed by atoms with van der Waals surface area (Å²) < 4.78 is 68.5. The molecule has 0 aliphatic carbocycles. The van der Waals surface area contributed by atoms with Crippen molar-refractivity contribution in [1.29, 1.82) is 0 Å². The first kappa shape index (κ1) is 94.5. The Labute approximate surface area is 592 Å². The van der Waals surface area contributed by atoms with Gasteiger partial charge in [-0.1, -0.05) is 341 Å². The molecule has 0 rings (SSSR count). The van der Waals surface area contributed by atoms with Crippen molar-refractivity contribution >= 4 is 39.5 Å². The van der Waals surface area contributed by atoms with E-state index in [-0.39, 0.29) is 25.7 Å². The van der Waals surface area contributed by atoms with E-state index in [9.17, 15) is 43.2 Å². The summed E-state index contributed by atoms with van der Waals surface area (Å²) in [4.78, 5) is 72.8. The molecule has 5 atom stereocenters. The highest BCUT2D eigenvalue weighted by molar-refractivity contribution is 7.47. The van der Waals surface area contributed by atoms with E-state index in [0.717, 1.165) is 109 Å². The quantitative estimate of drug-likeness (QED) is 0.0169. The predicted molar refractivity (Wildman–Crippen MR) is 395 cm³/mol. The summed E-state index contributed by atoms with van der Waals surface area (Å²) in [6, 6.07) is 0. The van der Waals surface area contributed by atoms with Crippen LogP contribution in [0.25, 0.3) is 0 Å². The molecule has 0 fully saturated rings. The maximum atomic E-state index is 13.1. The molecule has 0 aliphatic heterocycles. The van der Waals surface area contributed by atoms with Gasteiger partial charge in [-0.15, -0.1) is 0 Å². The third kappa shape index (κ3) is 71.7. The van der Waals surface area contributed by atoms with Crippen LogP contribution in [0.5, 0.6) is 0 Å². The van der Waals surface area contributed by atoms with Gasteiger partial charge in [0.25, 0.3) is 0 Å². The monoisotopic (exact) mass is 1420 g/mol. The highest BCUT2D eigenvalue weighted by atomic mass is 31.2. The smallest absolute Gasteiger partial charge is 0.462 e. The molecule has 0 aromatic carbocycles. The number of unbranched alkanes of at least 4 members (excludes halogenated alkanes) is 48. The number of carbonyl (C=O) groups is 4. The molecule has 0 aromatic rings. The van der Waals surface area contributed by atoms with Crippen LogP contribution in [0.2, 0.25) is 0 Å². The molecule has 0 heterocycles.